The molecule has 0 spiro atoms. The summed E-state index contributed by atoms with van der Waals surface area (Å²) in [5, 5.41) is 7.39. The standard InChI is InChI=1S/C68H52N2O3/c1-41-35-42(2)38-47(37-41)69(58-32-17-30-55-53-28-15-26-49(64(53)72-66(55)58)45-19-7-5-8-20-45)62-51-23-11-12-24-52(51)63(68-61(62)57-25-13-14-34-60(57)71-68)70(48-39-43(3)36-44(4)40-48)59-33-18-31-56-54-29-16-27-50(65(54)73-67(56)59)46-21-9-6-10-22-46/h5-21,23-25,27-40,46,49H,22,26H2,1-4H3. The van der Waals surface area contributed by atoms with Gasteiger partial charge >= 0.3 is 0 Å². The Bertz CT molecular complexity index is 4250. The van der Waals surface area contributed by atoms with E-state index in [0.29, 0.717) is 0 Å². The maximum atomic E-state index is 7.43. The van der Waals surface area contributed by atoms with Crippen LogP contribution in [-0.2, 0) is 0 Å². The van der Waals surface area contributed by atoms with Crippen LogP contribution in [0.5, 0.6) is 0 Å². The molecule has 12 aromatic rings. The Balaban J connectivity index is 1.10. The van der Waals surface area contributed by atoms with E-state index in [-0.39, 0.29) is 11.8 Å². The maximum Gasteiger partial charge on any atom is 0.162 e. The van der Waals surface area contributed by atoms with Crippen molar-refractivity contribution in [2.45, 2.75) is 52.4 Å². The van der Waals surface area contributed by atoms with Crippen LogP contribution in [0.2, 0.25) is 0 Å². The van der Waals surface area contributed by atoms with Gasteiger partial charge in [0.05, 0.1) is 28.1 Å². The van der Waals surface area contributed by atoms with Crippen LogP contribution in [0, 0.1) is 27.7 Å². The second-order valence-corrected chi connectivity index (χ2v) is 20.2. The molecule has 2 aliphatic rings. The molecule has 0 saturated heterocycles. The number of aryl methyl sites for hydroxylation is 4. The molecule has 0 amide bonds. The van der Waals surface area contributed by atoms with Crippen LogP contribution in [0.3, 0.4) is 0 Å². The second kappa shape index (κ2) is 16.9. The Hall–Kier alpha value is -8.80. The molecule has 0 saturated carbocycles. The summed E-state index contributed by atoms with van der Waals surface area (Å²) < 4.78 is 22.1. The number of fused-ring (bicyclic) bond motifs is 10. The zero-order chi connectivity index (χ0) is 48.9. The number of nitrogens with zero attached hydrogens (tertiary/aromatic N) is 2. The first-order valence-electron chi connectivity index (χ1n) is 25.5. The molecule has 352 valence electrons. The van der Waals surface area contributed by atoms with Gasteiger partial charge in [-0.3, -0.25) is 0 Å². The zero-order valence-electron chi connectivity index (χ0n) is 41.3. The highest BCUT2D eigenvalue weighted by atomic mass is 16.3. The molecule has 2 aliphatic carbocycles. The Morgan fingerprint density at radius 1 is 0.438 bits per heavy atom. The molecule has 3 heterocycles. The van der Waals surface area contributed by atoms with Gasteiger partial charge in [0, 0.05) is 66.7 Å². The third-order valence-corrected chi connectivity index (χ3v) is 15.2. The number of allylic oxidation sites excluding steroid dienone is 5. The van der Waals surface area contributed by atoms with E-state index in [0.717, 1.165) is 135 Å². The Kier molecular flexibility index (Phi) is 9.97. The average molecular weight is 945 g/mol. The molecule has 3 aromatic heterocycles. The van der Waals surface area contributed by atoms with Crippen molar-refractivity contribution in [1.82, 2.24) is 0 Å². The van der Waals surface area contributed by atoms with E-state index in [1.807, 2.05) is 0 Å². The van der Waals surface area contributed by atoms with Crippen molar-refractivity contribution in [1.29, 1.82) is 0 Å². The van der Waals surface area contributed by atoms with Gasteiger partial charge in [0.15, 0.2) is 16.7 Å². The molecule has 2 atom stereocenters. The normalized spacial score (nSPS) is 15.4. The third-order valence-electron chi connectivity index (χ3n) is 15.2. The lowest BCUT2D eigenvalue weighted by Crippen LogP contribution is -2.15. The lowest BCUT2D eigenvalue weighted by molar-refractivity contribution is 0.517. The molecule has 5 nitrogen and oxygen atoms in total. The topological polar surface area (TPSA) is 45.9 Å². The van der Waals surface area contributed by atoms with Crippen LogP contribution in [0.15, 0.2) is 213 Å². The summed E-state index contributed by atoms with van der Waals surface area (Å²) >= 11 is 0. The largest absolute Gasteiger partial charge is 0.458 e. The Labute approximate surface area is 424 Å². The molecular weight excluding hydrogens is 893 g/mol. The molecule has 0 bridgehead atoms. The highest BCUT2D eigenvalue weighted by Gasteiger charge is 2.33. The number of para-hydroxylation sites is 4. The molecule has 14 rings (SSSR count). The minimum absolute atomic E-state index is 0.0982. The fourth-order valence-corrected chi connectivity index (χ4v) is 12.2. The van der Waals surface area contributed by atoms with Gasteiger partial charge in [-0.2, -0.15) is 0 Å². The van der Waals surface area contributed by atoms with Crippen LogP contribution in [0.25, 0.3) is 71.7 Å². The number of anilines is 6. The monoisotopic (exact) mass is 944 g/mol. The predicted octanol–water partition coefficient (Wildman–Crippen LogP) is 19.7. The lowest BCUT2D eigenvalue weighted by Gasteiger charge is -2.32. The molecule has 0 aliphatic heterocycles. The number of benzene rings is 9. The summed E-state index contributed by atoms with van der Waals surface area (Å²) in [6, 6.07) is 61.6. The van der Waals surface area contributed by atoms with E-state index >= 15 is 0 Å². The Morgan fingerprint density at radius 2 is 1.01 bits per heavy atom. The third kappa shape index (κ3) is 6.90. The minimum Gasteiger partial charge on any atom is -0.458 e. The first-order chi connectivity index (χ1) is 35.9. The summed E-state index contributed by atoms with van der Waals surface area (Å²) in [5.41, 5.74) is 18.3. The number of furan rings is 3. The van der Waals surface area contributed by atoms with Gasteiger partial charge in [0.25, 0.3) is 0 Å². The second-order valence-electron chi connectivity index (χ2n) is 20.2. The molecule has 0 N–H and O–H groups in total. The van der Waals surface area contributed by atoms with E-state index in [1.54, 1.807) is 0 Å². The molecule has 73 heavy (non-hydrogen) atoms. The molecule has 2 unspecified atom stereocenters. The molecule has 9 aromatic carbocycles. The van der Waals surface area contributed by atoms with Crippen LogP contribution in [-0.4, -0.2) is 0 Å². The van der Waals surface area contributed by atoms with Gasteiger partial charge in [-0.05, 0) is 111 Å². The van der Waals surface area contributed by atoms with E-state index < -0.39 is 0 Å². The zero-order valence-corrected chi connectivity index (χ0v) is 41.3. The van der Waals surface area contributed by atoms with Crippen molar-refractivity contribution in [3.05, 3.63) is 245 Å². The van der Waals surface area contributed by atoms with Crippen LogP contribution in [0.4, 0.5) is 34.1 Å². The highest BCUT2D eigenvalue weighted by molar-refractivity contribution is 6.29. The minimum atomic E-state index is 0.0982. The van der Waals surface area contributed by atoms with Crippen molar-refractivity contribution < 1.29 is 13.3 Å². The summed E-state index contributed by atoms with van der Waals surface area (Å²) in [6.07, 6.45) is 15.2. The van der Waals surface area contributed by atoms with Crippen molar-refractivity contribution in [2.24, 2.45) is 0 Å². The summed E-state index contributed by atoms with van der Waals surface area (Å²) in [4.78, 5) is 4.86. The van der Waals surface area contributed by atoms with Crippen LogP contribution in [0.1, 0.15) is 69.4 Å². The summed E-state index contributed by atoms with van der Waals surface area (Å²) in [7, 11) is 0. The van der Waals surface area contributed by atoms with Crippen LogP contribution < -0.4 is 9.80 Å². The molecular formula is C68H52N2O3. The van der Waals surface area contributed by atoms with E-state index in [4.69, 9.17) is 13.3 Å². The van der Waals surface area contributed by atoms with Crippen molar-refractivity contribution in [2.75, 3.05) is 9.80 Å². The predicted molar refractivity (Wildman–Crippen MR) is 304 cm³/mol. The van der Waals surface area contributed by atoms with Crippen molar-refractivity contribution in [3.63, 3.8) is 0 Å². The summed E-state index contributed by atoms with van der Waals surface area (Å²) in [5.74, 6) is 1.32. The van der Waals surface area contributed by atoms with Gasteiger partial charge in [0.2, 0.25) is 0 Å². The van der Waals surface area contributed by atoms with Gasteiger partial charge in [-0.1, -0.05) is 164 Å². The number of rotatable bonds is 8. The van der Waals surface area contributed by atoms with Gasteiger partial charge < -0.3 is 23.1 Å². The van der Waals surface area contributed by atoms with Crippen LogP contribution >= 0.6 is 0 Å². The van der Waals surface area contributed by atoms with Crippen molar-refractivity contribution >= 4 is 106 Å². The summed E-state index contributed by atoms with van der Waals surface area (Å²) in [6.45, 7) is 8.73. The van der Waals surface area contributed by atoms with Gasteiger partial charge in [-0.15, -0.1) is 0 Å². The SMILES string of the molecule is Cc1cc(C)cc(N(c2cccc3c2oc2c(C4C=CC=CC4)cccc23)c2c3ccccc3c(N(c3cc(C)cc(C)c3)c3cccc4c5c(oc34)C(c3ccccc3)CC=C5)c3c2oc2ccccc23)c1. The lowest BCUT2D eigenvalue weighted by atomic mass is 9.87. The highest BCUT2D eigenvalue weighted by Crippen LogP contribution is 2.56. The van der Waals surface area contributed by atoms with E-state index in [9.17, 15) is 0 Å². The smallest absolute Gasteiger partial charge is 0.162 e. The van der Waals surface area contributed by atoms with Crippen molar-refractivity contribution in [3.8, 4) is 0 Å². The molecule has 0 fully saturated rings. The first-order valence-corrected chi connectivity index (χ1v) is 25.5. The number of hydrogen-bond acceptors (Lipinski definition) is 5. The van der Waals surface area contributed by atoms with E-state index in [2.05, 4.69) is 244 Å². The fraction of sp³-hybridized carbons (Fsp3) is 0.118. The average Bonchev–Trinajstić information content (AvgIpc) is 4.13. The molecule has 0 radical (unpaired) electrons. The fourth-order valence-electron chi connectivity index (χ4n) is 12.2. The number of hydrogen-bond donors (Lipinski definition) is 0. The Morgan fingerprint density at radius 3 is 1.70 bits per heavy atom. The maximum absolute atomic E-state index is 7.43. The molecule has 5 heteroatoms. The van der Waals surface area contributed by atoms with Gasteiger partial charge in [0.1, 0.15) is 16.9 Å². The first kappa shape index (κ1) is 43.0. The van der Waals surface area contributed by atoms with E-state index in [1.165, 1.54) is 22.3 Å². The van der Waals surface area contributed by atoms with Gasteiger partial charge in [-0.25, -0.2) is 0 Å². The quantitative estimate of drug-likeness (QED) is 0.142.